The number of carbonyl (C=O) groups excluding carboxylic acids is 2. The van der Waals surface area contributed by atoms with Gasteiger partial charge in [0.2, 0.25) is 0 Å². The van der Waals surface area contributed by atoms with Gasteiger partial charge in [-0.25, -0.2) is 4.79 Å². The summed E-state index contributed by atoms with van der Waals surface area (Å²) >= 11 is 0. The molecule has 0 fully saturated rings. The molecule has 1 amide bonds. The lowest BCUT2D eigenvalue weighted by molar-refractivity contribution is -0.124. The molecule has 6 heteroatoms. The van der Waals surface area contributed by atoms with E-state index in [1.807, 2.05) is 13.8 Å². The van der Waals surface area contributed by atoms with Crippen LogP contribution >= 0.6 is 0 Å². The molecule has 0 spiro atoms. The van der Waals surface area contributed by atoms with Gasteiger partial charge in [-0.3, -0.25) is 4.79 Å². The zero-order valence-electron chi connectivity index (χ0n) is 11.9. The van der Waals surface area contributed by atoms with Gasteiger partial charge in [-0.1, -0.05) is 6.92 Å². The summed E-state index contributed by atoms with van der Waals surface area (Å²) in [4.78, 5) is 23.4. The smallest absolute Gasteiger partial charge is 0.340 e. The van der Waals surface area contributed by atoms with Gasteiger partial charge in [0.15, 0.2) is 6.61 Å². The minimum atomic E-state index is -0.652. The quantitative estimate of drug-likeness (QED) is 0.606. The molecule has 0 saturated heterocycles. The van der Waals surface area contributed by atoms with Crippen molar-refractivity contribution in [3.05, 3.63) is 23.8 Å². The predicted octanol–water partition coefficient (Wildman–Crippen LogP) is 1.35. The second kappa shape index (κ2) is 7.37. The highest BCUT2D eigenvalue weighted by atomic mass is 16.5. The van der Waals surface area contributed by atoms with Crippen LogP contribution in [0.3, 0.4) is 0 Å². The van der Waals surface area contributed by atoms with E-state index in [9.17, 15) is 9.59 Å². The number of methoxy groups -OCH3 is 1. The van der Waals surface area contributed by atoms with Crippen molar-refractivity contribution in [1.82, 2.24) is 5.32 Å². The molecule has 1 rings (SSSR count). The first-order valence-electron chi connectivity index (χ1n) is 6.38. The summed E-state index contributed by atoms with van der Waals surface area (Å²) in [7, 11) is 1.49. The summed E-state index contributed by atoms with van der Waals surface area (Å²) < 4.78 is 9.94. The summed E-state index contributed by atoms with van der Waals surface area (Å²) in [6.45, 7) is 3.49. The molecule has 1 aromatic carbocycles. The Hall–Kier alpha value is -2.24. The Labute approximate surface area is 118 Å². The molecule has 0 aliphatic heterocycles. The van der Waals surface area contributed by atoms with Crippen LogP contribution in [0.1, 0.15) is 30.6 Å². The summed E-state index contributed by atoms with van der Waals surface area (Å²) in [5.41, 5.74) is 6.15. The molecule has 0 bridgehead atoms. The number of benzene rings is 1. The van der Waals surface area contributed by atoms with Crippen LogP contribution in [0.25, 0.3) is 0 Å². The van der Waals surface area contributed by atoms with Gasteiger partial charge >= 0.3 is 5.97 Å². The Kier molecular flexibility index (Phi) is 5.83. The number of nitrogens with one attached hydrogen (secondary N) is 1. The first kappa shape index (κ1) is 15.8. The SMILES string of the molecule is CCC(C)NC(=O)COC(=O)c1cc(OC)ccc1N. The number of amides is 1. The molecule has 0 aromatic heterocycles. The van der Waals surface area contributed by atoms with E-state index in [0.717, 1.165) is 6.42 Å². The molecule has 1 atom stereocenters. The van der Waals surface area contributed by atoms with E-state index in [1.165, 1.54) is 13.2 Å². The highest BCUT2D eigenvalue weighted by molar-refractivity contribution is 5.96. The number of hydrogen-bond donors (Lipinski definition) is 2. The molecular weight excluding hydrogens is 260 g/mol. The largest absolute Gasteiger partial charge is 0.497 e. The van der Waals surface area contributed by atoms with Crippen molar-refractivity contribution in [2.75, 3.05) is 19.5 Å². The molecule has 6 nitrogen and oxygen atoms in total. The third-order valence-corrected chi connectivity index (χ3v) is 2.83. The predicted molar refractivity (Wildman–Crippen MR) is 75.6 cm³/mol. The van der Waals surface area contributed by atoms with Crippen LogP contribution < -0.4 is 15.8 Å². The van der Waals surface area contributed by atoms with Crippen molar-refractivity contribution in [3.8, 4) is 5.75 Å². The number of rotatable bonds is 6. The maximum absolute atomic E-state index is 11.9. The molecule has 1 unspecified atom stereocenters. The van der Waals surface area contributed by atoms with Crippen molar-refractivity contribution in [3.63, 3.8) is 0 Å². The second-order valence-electron chi connectivity index (χ2n) is 4.41. The maximum atomic E-state index is 11.9. The van der Waals surface area contributed by atoms with Crippen LogP contribution in [0.5, 0.6) is 5.75 Å². The minimum Gasteiger partial charge on any atom is -0.497 e. The molecule has 0 radical (unpaired) electrons. The molecule has 110 valence electrons. The summed E-state index contributed by atoms with van der Waals surface area (Å²) in [6, 6.07) is 4.71. The Morgan fingerprint density at radius 3 is 2.70 bits per heavy atom. The van der Waals surface area contributed by atoms with Crippen LogP contribution in [0.15, 0.2) is 18.2 Å². The Bertz CT molecular complexity index is 488. The van der Waals surface area contributed by atoms with Crippen molar-refractivity contribution in [2.24, 2.45) is 0 Å². The molecular formula is C14H20N2O4. The fourth-order valence-corrected chi connectivity index (χ4v) is 1.47. The number of ether oxygens (including phenoxy) is 2. The van der Waals surface area contributed by atoms with Crippen molar-refractivity contribution < 1.29 is 19.1 Å². The number of hydrogen-bond acceptors (Lipinski definition) is 5. The van der Waals surface area contributed by atoms with E-state index in [2.05, 4.69) is 5.32 Å². The van der Waals surface area contributed by atoms with Gasteiger partial charge in [-0.2, -0.15) is 0 Å². The van der Waals surface area contributed by atoms with Gasteiger partial charge in [0, 0.05) is 11.7 Å². The Morgan fingerprint density at radius 1 is 1.40 bits per heavy atom. The molecule has 0 aliphatic rings. The van der Waals surface area contributed by atoms with Gasteiger partial charge in [0.1, 0.15) is 5.75 Å². The van der Waals surface area contributed by atoms with Gasteiger partial charge in [0.25, 0.3) is 5.91 Å². The van der Waals surface area contributed by atoms with E-state index in [4.69, 9.17) is 15.2 Å². The van der Waals surface area contributed by atoms with E-state index < -0.39 is 5.97 Å². The van der Waals surface area contributed by atoms with Gasteiger partial charge in [-0.05, 0) is 31.5 Å². The third kappa shape index (κ3) is 4.46. The number of anilines is 1. The van der Waals surface area contributed by atoms with Crippen molar-refractivity contribution in [2.45, 2.75) is 26.3 Å². The average molecular weight is 280 g/mol. The standard InChI is InChI=1S/C14H20N2O4/c1-4-9(2)16-13(17)8-20-14(18)11-7-10(19-3)5-6-12(11)15/h5-7,9H,4,8,15H2,1-3H3,(H,16,17). The van der Waals surface area contributed by atoms with Crippen molar-refractivity contribution >= 4 is 17.6 Å². The van der Waals surface area contributed by atoms with E-state index >= 15 is 0 Å². The monoisotopic (exact) mass is 280 g/mol. The average Bonchev–Trinajstić information content (AvgIpc) is 2.45. The Balaban J connectivity index is 2.61. The van der Waals surface area contributed by atoms with E-state index in [1.54, 1.807) is 12.1 Å². The zero-order chi connectivity index (χ0) is 15.1. The first-order valence-corrected chi connectivity index (χ1v) is 6.38. The van der Waals surface area contributed by atoms with Crippen molar-refractivity contribution in [1.29, 1.82) is 0 Å². The fraction of sp³-hybridized carbons (Fsp3) is 0.429. The lowest BCUT2D eigenvalue weighted by Gasteiger charge is -2.12. The molecule has 1 aromatic rings. The molecule has 0 heterocycles. The first-order chi connectivity index (χ1) is 9.47. The van der Waals surface area contributed by atoms with E-state index in [0.29, 0.717) is 5.75 Å². The van der Waals surface area contributed by atoms with Crippen LogP contribution in [-0.2, 0) is 9.53 Å². The lowest BCUT2D eigenvalue weighted by Crippen LogP contribution is -2.35. The topological polar surface area (TPSA) is 90.6 Å². The number of nitrogen functional groups attached to an aromatic ring is 1. The number of nitrogens with two attached hydrogens (primary N) is 1. The highest BCUT2D eigenvalue weighted by Gasteiger charge is 2.15. The van der Waals surface area contributed by atoms with Gasteiger partial charge in [-0.15, -0.1) is 0 Å². The minimum absolute atomic E-state index is 0.0445. The summed E-state index contributed by atoms with van der Waals surface area (Å²) in [5.74, 6) is -0.495. The van der Waals surface area contributed by atoms with Gasteiger partial charge < -0.3 is 20.5 Å². The fourth-order valence-electron chi connectivity index (χ4n) is 1.47. The van der Waals surface area contributed by atoms with Gasteiger partial charge in [0.05, 0.1) is 12.7 Å². The van der Waals surface area contributed by atoms with E-state index in [-0.39, 0.29) is 29.8 Å². The molecule has 20 heavy (non-hydrogen) atoms. The highest BCUT2D eigenvalue weighted by Crippen LogP contribution is 2.20. The molecule has 3 N–H and O–H groups in total. The summed E-state index contributed by atoms with van der Waals surface area (Å²) in [5, 5.41) is 2.70. The van der Waals surface area contributed by atoms with Crippen LogP contribution in [0, 0.1) is 0 Å². The second-order valence-corrected chi connectivity index (χ2v) is 4.41. The maximum Gasteiger partial charge on any atom is 0.340 e. The zero-order valence-corrected chi connectivity index (χ0v) is 11.9. The molecule has 0 saturated carbocycles. The van der Waals surface area contributed by atoms with Crippen LogP contribution in [-0.4, -0.2) is 31.6 Å². The Morgan fingerprint density at radius 2 is 2.10 bits per heavy atom. The normalized spacial score (nSPS) is 11.6. The number of esters is 1. The number of carbonyl (C=O) groups is 2. The lowest BCUT2D eigenvalue weighted by atomic mass is 10.2. The summed E-state index contributed by atoms with van der Waals surface area (Å²) in [6.07, 6.45) is 0.808. The molecule has 0 aliphatic carbocycles. The van der Waals surface area contributed by atoms with Crippen LogP contribution in [0.2, 0.25) is 0 Å². The third-order valence-electron chi connectivity index (χ3n) is 2.83. The van der Waals surface area contributed by atoms with Crippen LogP contribution in [0.4, 0.5) is 5.69 Å².